The van der Waals surface area contributed by atoms with E-state index in [1.54, 1.807) is 7.05 Å². The van der Waals surface area contributed by atoms with E-state index in [1.165, 1.54) is 0 Å². The lowest BCUT2D eigenvalue weighted by atomic mass is 10.2. The van der Waals surface area contributed by atoms with Gasteiger partial charge in [-0.25, -0.2) is 0 Å². The molecule has 2 fully saturated rings. The monoisotopic (exact) mass is 326 g/mol. The third-order valence-electron chi connectivity index (χ3n) is 4.26. The molecule has 2 aliphatic heterocycles. The molecule has 2 aliphatic rings. The van der Waals surface area contributed by atoms with Crippen LogP contribution < -0.4 is 5.32 Å². The van der Waals surface area contributed by atoms with Crippen LogP contribution in [0.25, 0.3) is 0 Å². The molecule has 7 nitrogen and oxygen atoms in total. The second-order valence-corrected chi connectivity index (χ2v) is 5.84. The van der Waals surface area contributed by atoms with Crippen molar-refractivity contribution in [1.82, 2.24) is 15.1 Å². The smallest absolute Gasteiger partial charge is 0.251 e. The van der Waals surface area contributed by atoms with Gasteiger partial charge in [0.05, 0.1) is 0 Å². The van der Waals surface area contributed by atoms with E-state index in [9.17, 15) is 4.79 Å². The lowest BCUT2D eigenvalue weighted by Gasteiger charge is -2.37. The van der Waals surface area contributed by atoms with Crippen LogP contribution in [0.5, 0.6) is 0 Å². The quantitative estimate of drug-likeness (QED) is 0.432. The van der Waals surface area contributed by atoms with Crippen molar-refractivity contribution in [2.75, 3.05) is 59.6 Å². The van der Waals surface area contributed by atoms with Crippen LogP contribution in [0.1, 0.15) is 26.2 Å². The van der Waals surface area contributed by atoms with Crippen molar-refractivity contribution >= 4 is 11.9 Å². The molecule has 2 heterocycles. The van der Waals surface area contributed by atoms with E-state index in [-0.39, 0.29) is 12.0 Å². The predicted octanol–water partition coefficient (Wildman–Crippen LogP) is 0.312. The van der Waals surface area contributed by atoms with Crippen molar-refractivity contribution in [2.24, 2.45) is 4.99 Å². The van der Waals surface area contributed by atoms with Crippen molar-refractivity contribution in [3.8, 4) is 0 Å². The highest BCUT2D eigenvalue weighted by Gasteiger charge is 2.30. The average Bonchev–Trinajstić information content (AvgIpc) is 3.12. The van der Waals surface area contributed by atoms with Crippen LogP contribution in [0.3, 0.4) is 0 Å². The van der Waals surface area contributed by atoms with Crippen LogP contribution in [0.15, 0.2) is 4.99 Å². The van der Waals surface area contributed by atoms with Gasteiger partial charge in [0, 0.05) is 59.6 Å². The molecule has 0 spiro atoms. The number of carbonyl (C=O) groups excluding carboxylic acids is 1. The Labute approximate surface area is 139 Å². The molecule has 0 aromatic heterocycles. The maximum Gasteiger partial charge on any atom is 0.251 e. The fraction of sp³-hybridized carbons (Fsp3) is 0.875. The standard InChI is InChI=1S/C16H30N4O3/c1-3-22-12-5-7-18-16(17-2)20-10-8-19(9-11-20)15(21)14-6-4-13-23-14/h14H,3-13H2,1-2H3,(H,17,18)/t14-/m1/s1. The molecule has 0 bridgehead atoms. The van der Waals surface area contributed by atoms with Gasteiger partial charge in [0.1, 0.15) is 6.10 Å². The van der Waals surface area contributed by atoms with Gasteiger partial charge in [-0.3, -0.25) is 9.79 Å². The molecule has 0 aromatic carbocycles. The molecular formula is C16H30N4O3. The first-order valence-corrected chi connectivity index (χ1v) is 8.70. The summed E-state index contributed by atoms with van der Waals surface area (Å²) in [5, 5.41) is 3.36. The Morgan fingerprint density at radius 3 is 2.65 bits per heavy atom. The number of guanidine groups is 1. The summed E-state index contributed by atoms with van der Waals surface area (Å²) in [5.74, 6) is 1.06. The zero-order valence-corrected chi connectivity index (χ0v) is 14.4. The van der Waals surface area contributed by atoms with Crippen LogP contribution in [0, 0.1) is 0 Å². The Bertz CT molecular complexity index is 389. The largest absolute Gasteiger partial charge is 0.382 e. The van der Waals surface area contributed by atoms with Gasteiger partial charge in [-0.2, -0.15) is 0 Å². The minimum atomic E-state index is -0.211. The van der Waals surface area contributed by atoms with Gasteiger partial charge in [0.25, 0.3) is 5.91 Å². The molecule has 1 atom stereocenters. The predicted molar refractivity (Wildman–Crippen MR) is 89.6 cm³/mol. The average molecular weight is 326 g/mol. The van der Waals surface area contributed by atoms with Gasteiger partial charge >= 0.3 is 0 Å². The molecule has 1 N–H and O–H groups in total. The minimum Gasteiger partial charge on any atom is -0.382 e. The zero-order chi connectivity index (χ0) is 16.5. The van der Waals surface area contributed by atoms with Gasteiger partial charge in [-0.05, 0) is 26.2 Å². The van der Waals surface area contributed by atoms with E-state index >= 15 is 0 Å². The summed E-state index contributed by atoms with van der Waals surface area (Å²) in [4.78, 5) is 20.8. The third-order valence-corrected chi connectivity index (χ3v) is 4.26. The fourth-order valence-corrected chi connectivity index (χ4v) is 2.97. The molecule has 0 aliphatic carbocycles. The molecule has 7 heteroatoms. The van der Waals surface area contributed by atoms with Gasteiger partial charge in [0.15, 0.2) is 5.96 Å². The number of amides is 1. The molecule has 0 unspecified atom stereocenters. The summed E-state index contributed by atoms with van der Waals surface area (Å²) >= 11 is 0. The summed E-state index contributed by atoms with van der Waals surface area (Å²) in [5.41, 5.74) is 0. The number of piperazine rings is 1. The Hall–Kier alpha value is -1.34. The number of aliphatic imine (C=N–C) groups is 1. The summed E-state index contributed by atoms with van der Waals surface area (Å²) in [7, 11) is 1.80. The van der Waals surface area contributed by atoms with Gasteiger partial charge < -0.3 is 24.6 Å². The first kappa shape index (κ1) is 18.0. The van der Waals surface area contributed by atoms with Crippen LogP contribution in [-0.4, -0.2) is 87.4 Å². The van der Waals surface area contributed by atoms with Crippen molar-refractivity contribution in [3.63, 3.8) is 0 Å². The molecule has 0 radical (unpaired) electrons. The summed E-state index contributed by atoms with van der Waals surface area (Å²) in [6, 6.07) is 0. The highest BCUT2D eigenvalue weighted by molar-refractivity contribution is 5.82. The topological polar surface area (TPSA) is 66.4 Å². The highest BCUT2D eigenvalue weighted by Crippen LogP contribution is 2.16. The van der Waals surface area contributed by atoms with E-state index < -0.39 is 0 Å². The highest BCUT2D eigenvalue weighted by atomic mass is 16.5. The lowest BCUT2D eigenvalue weighted by Crippen LogP contribution is -2.55. The Morgan fingerprint density at radius 1 is 1.30 bits per heavy atom. The summed E-state index contributed by atoms with van der Waals surface area (Å²) in [6.07, 6.45) is 2.61. The second kappa shape index (κ2) is 9.72. The minimum absolute atomic E-state index is 0.154. The number of carbonyl (C=O) groups is 1. The Morgan fingerprint density at radius 2 is 2.04 bits per heavy atom. The van der Waals surface area contributed by atoms with E-state index in [0.29, 0.717) is 6.61 Å². The molecule has 23 heavy (non-hydrogen) atoms. The summed E-state index contributed by atoms with van der Waals surface area (Å²) < 4.78 is 10.8. The van der Waals surface area contributed by atoms with Crippen molar-refractivity contribution in [1.29, 1.82) is 0 Å². The van der Waals surface area contributed by atoms with E-state index in [0.717, 1.165) is 71.2 Å². The number of hydrogen-bond donors (Lipinski definition) is 1. The Balaban J connectivity index is 1.70. The van der Waals surface area contributed by atoms with Crippen LogP contribution >= 0.6 is 0 Å². The maximum absolute atomic E-state index is 12.3. The Kier molecular flexibility index (Phi) is 7.61. The molecule has 2 rings (SSSR count). The number of nitrogens with zero attached hydrogens (tertiary/aromatic N) is 3. The third kappa shape index (κ3) is 5.35. The maximum atomic E-state index is 12.3. The van der Waals surface area contributed by atoms with Crippen molar-refractivity contribution < 1.29 is 14.3 Å². The lowest BCUT2D eigenvalue weighted by molar-refractivity contribution is -0.142. The molecular weight excluding hydrogens is 296 g/mol. The molecule has 0 aromatic rings. The first-order chi connectivity index (χ1) is 11.3. The SMILES string of the molecule is CCOCCCNC(=NC)N1CCN(C(=O)[C@H]2CCCO2)CC1. The van der Waals surface area contributed by atoms with Crippen LogP contribution in [-0.2, 0) is 14.3 Å². The molecule has 2 saturated heterocycles. The number of hydrogen-bond acceptors (Lipinski definition) is 4. The number of ether oxygens (including phenoxy) is 2. The van der Waals surface area contributed by atoms with Crippen molar-refractivity contribution in [2.45, 2.75) is 32.3 Å². The van der Waals surface area contributed by atoms with Gasteiger partial charge in [-0.1, -0.05) is 0 Å². The number of nitrogens with one attached hydrogen (secondary N) is 1. The van der Waals surface area contributed by atoms with E-state index in [1.807, 2.05) is 11.8 Å². The number of rotatable bonds is 6. The summed E-state index contributed by atoms with van der Waals surface area (Å²) in [6.45, 7) is 8.18. The van der Waals surface area contributed by atoms with Gasteiger partial charge in [0.2, 0.25) is 0 Å². The van der Waals surface area contributed by atoms with Crippen LogP contribution in [0.4, 0.5) is 0 Å². The van der Waals surface area contributed by atoms with E-state index in [4.69, 9.17) is 9.47 Å². The fourth-order valence-electron chi connectivity index (χ4n) is 2.97. The van der Waals surface area contributed by atoms with Crippen LogP contribution in [0.2, 0.25) is 0 Å². The second-order valence-electron chi connectivity index (χ2n) is 5.84. The van der Waals surface area contributed by atoms with Crippen molar-refractivity contribution in [3.05, 3.63) is 0 Å². The molecule has 1 amide bonds. The zero-order valence-electron chi connectivity index (χ0n) is 14.4. The van der Waals surface area contributed by atoms with E-state index in [2.05, 4.69) is 15.2 Å². The normalized spacial score (nSPS) is 22.5. The first-order valence-electron chi connectivity index (χ1n) is 8.70. The van der Waals surface area contributed by atoms with Gasteiger partial charge in [-0.15, -0.1) is 0 Å². The molecule has 0 saturated carbocycles. The molecule has 132 valence electrons.